The van der Waals surface area contributed by atoms with Crippen LogP contribution in [0.2, 0.25) is 0 Å². The van der Waals surface area contributed by atoms with E-state index in [0.717, 1.165) is 19.4 Å². The molecule has 1 saturated heterocycles. The Labute approximate surface area is 108 Å². The number of piperidine rings is 1. The third-order valence-corrected chi connectivity index (χ3v) is 3.94. The molecule has 0 aromatic rings. The molecule has 2 fully saturated rings. The van der Waals surface area contributed by atoms with Gasteiger partial charge < -0.3 is 15.0 Å². The minimum absolute atomic E-state index is 0.0272. The fourth-order valence-corrected chi connectivity index (χ4v) is 3.17. The second-order valence-electron chi connectivity index (χ2n) is 5.06. The highest BCUT2D eigenvalue weighted by Crippen LogP contribution is 2.36. The first-order valence-corrected chi connectivity index (χ1v) is 6.92. The second-order valence-corrected chi connectivity index (χ2v) is 5.06. The summed E-state index contributed by atoms with van der Waals surface area (Å²) >= 11 is 0. The largest absolute Gasteiger partial charge is 0.465 e. The van der Waals surface area contributed by atoms with Crippen LogP contribution in [0.3, 0.4) is 0 Å². The fraction of sp³-hybridized carbons (Fsp3) is 0.846. The van der Waals surface area contributed by atoms with E-state index >= 15 is 0 Å². The fourth-order valence-electron chi connectivity index (χ4n) is 3.17. The first kappa shape index (κ1) is 13.2. The number of nitrogens with zero attached hydrogens (tertiary/aromatic N) is 1. The summed E-state index contributed by atoms with van der Waals surface area (Å²) in [4.78, 5) is 25.2. The summed E-state index contributed by atoms with van der Waals surface area (Å²) in [7, 11) is 0. The highest BCUT2D eigenvalue weighted by atomic mass is 16.5. The van der Waals surface area contributed by atoms with Crippen molar-refractivity contribution in [2.45, 2.75) is 45.1 Å². The first-order valence-electron chi connectivity index (χ1n) is 6.92. The highest BCUT2D eigenvalue weighted by molar-refractivity contribution is 5.81. The van der Waals surface area contributed by atoms with Gasteiger partial charge in [-0.1, -0.05) is 6.42 Å². The molecule has 0 aromatic carbocycles. The number of fused-ring (bicyclic) bond motifs is 1. The first-order chi connectivity index (χ1) is 8.72. The Kier molecular flexibility index (Phi) is 4.44. The van der Waals surface area contributed by atoms with Gasteiger partial charge in [0.05, 0.1) is 6.61 Å². The Bertz CT molecular complexity index is 319. The van der Waals surface area contributed by atoms with Crippen molar-refractivity contribution in [2.75, 3.05) is 19.7 Å². The van der Waals surface area contributed by atoms with Gasteiger partial charge in [-0.2, -0.15) is 0 Å². The van der Waals surface area contributed by atoms with Crippen LogP contribution < -0.4 is 5.32 Å². The van der Waals surface area contributed by atoms with Crippen molar-refractivity contribution in [3.8, 4) is 0 Å². The second kappa shape index (κ2) is 6.07. The van der Waals surface area contributed by atoms with E-state index in [-0.39, 0.29) is 18.5 Å². The average Bonchev–Trinajstić information content (AvgIpc) is 2.84. The Morgan fingerprint density at radius 1 is 1.28 bits per heavy atom. The van der Waals surface area contributed by atoms with E-state index in [1.54, 1.807) is 6.92 Å². The topological polar surface area (TPSA) is 58.6 Å². The lowest BCUT2D eigenvalue weighted by Crippen LogP contribution is -2.51. The number of esters is 1. The van der Waals surface area contributed by atoms with Crippen molar-refractivity contribution in [3.05, 3.63) is 0 Å². The zero-order valence-electron chi connectivity index (χ0n) is 11.0. The molecular weight excluding hydrogens is 232 g/mol. The molecule has 5 heteroatoms. The minimum Gasteiger partial charge on any atom is -0.465 e. The number of amides is 2. The molecule has 2 rings (SSSR count). The molecule has 1 heterocycles. The third-order valence-electron chi connectivity index (χ3n) is 3.94. The van der Waals surface area contributed by atoms with Crippen LogP contribution in [0, 0.1) is 5.92 Å². The van der Waals surface area contributed by atoms with E-state index in [9.17, 15) is 9.59 Å². The van der Waals surface area contributed by atoms with Crippen LogP contribution in [0.25, 0.3) is 0 Å². The van der Waals surface area contributed by atoms with E-state index in [1.165, 1.54) is 19.3 Å². The summed E-state index contributed by atoms with van der Waals surface area (Å²) in [5.41, 5.74) is 0. The zero-order chi connectivity index (χ0) is 13.0. The number of carbonyl (C=O) groups excluding carboxylic acids is 2. The van der Waals surface area contributed by atoms with Crippen molar-refractivity contribution in [1.29, 1.82) is 0 Å². The van der Waals surface area contributed by atoms with Crippen LogP contribution in [0.15, 0.2) is 0 Å². The Hall–Kier alpha value is -1.26. The van der Waals surface area contributed by atoms with Gasteiger partial charge in [-0.05, 0) is 38.5 Å². The van der Waals surface area contributed by atoms with Crippen LogP contribution >= 0.6 is 0 Å². The smallest absolute Gasteiger partial charge is 0.325 e. The number of hydrogen-bond acceptors (Lipinski definition) is 3. The van der Waals surface area contributed by atoms with Gasteiger partial charge in [-0.25, -0.2) is 4.79 Å². The van der Waals surface area contributed by atoms with Gasteiger partial charge in [-0.15, -0.1) is 0 Å². The Morgan fingerprint density at radius 3 is 2.83 bits per heavy atom. The lowest BCUT2D eigenvalue weighted by atomic mass is 9.92. The van der Waals surface area contributed by atoms with Gasteiger partial charge in [-0.3, -0.25) is 4.79 Å². The lowest BCUT2D eigenvalue weighted by Gasteiger charge is -2.37. The normalized spacial score (nSPS) is 26.6. The maximum Gasteiger partial charge on any atom is 0.325 e. The molecule has 1 aliphatic heterocycles. The SMILES string of the molecule is CCOC(=O)CNC(=O)N1CCCC2CCCC21. The summed E-state index contributed by atoms with van der Waals surface area (Å²) in [6, 6.07) is 0.278. The molecule has 5 nitrogen and oxygen atoms in total. The van der Waals surface area contributed by atoms with Crippen LogP contribution in [0.4, 0.5) is 4.79 Å². The van der Waals surface area contributed by atoms with E-state index in [1.807, 2.05) is 4.90 Å². The van der Waals surface area contributed by atoms with E-state index in [2.05, 4.69) is 5.32 Å². The van der Waals surface area contributed by atoms with Crippen molar-refractivity contribution < 1.29 is 14.3 Å². The predicted octanol–water partition coefficient (Wildman–Crippen LogP) is 1.52. The maximum absolute atomic E-state index is 12.1. The molecule has 0 bridgehead atoms. The summed E-state index contributed by atoms with van der Waals surface area (Å²) in [5.74, 6) is 0.304. The van der Waals surface area contributed by atoms with Crippen molar-refractivity contribution in [3.63, 3.8) is 0 Å². The van der Waals surface area contributed by atoms with Crippen LogP contribution in [0.1, 0.15) is 39.0 Å². The number of rotatable bonds is 3. The van der Waals surface area contributed by atoms with E-state index < -0.39 is 0 Å². The molecule has 0 spiro atoms. The van der Waals surface area contributed by atoms with Gasteiger partial charge in [0.25, 0.3) is 0 Å². The summed E-state index contributed by atoms with van der Waals surface area (Å²) < 4.78 is 4.79. The van der Waals surface area contributed by atoms with Crippen LogP contribution in [-0.2, 0) is 9.53 Å². The monoisotopic (exact) mass is 254 g/mol. The molecular formula is C13H22N2O3. The molecule has 0 aromatic heterocycles. The van der Waals surface area contributed by atoms with Crippen LogP contribution in [0.5, 0.6) is 0 Å². The number of hydrogen-bond donors (Lipinski definition) is 1. The standard InChI is InChI=1S/C13H22N2O3/c1-2-18-12(16)9-14-13(17)15-8-4-6-10-5-3-7-11(10)15/h10-11H,2-9H2,1H3,(H,14,17). The van der Waals surface area contributed by atoms with Crippen molar-refractivity contribution in [1.82, 2.24) is 10.2 Å². The number of urea groups is 1. The summed E-state index contributed by atoms with van der Waals surface area (Å²) in [5, 5.41) is 2.66. The van der Waals surface area contributed by atoms with Gasteiger partial charge in [0.2, 0.25) is 0 Å². The zero-order valence-corrected chi connectivity index (χ0v) is 11.0. The van der Waals surface area contributed by atoms with Crippen LogP contribution in [-0.4, -0.2) is 42.6 Å². The number of likely N-dealkylation sites (tertiary alicyclic amines) is 1. The molecule has 0 radical (unpaired) electrons. The number of carbonyl (C=O) groups is 2. The maximum atomic E-state index is 12.1. The third kappa shape index (κ3) is 2.94. The van der Waals surface area contributed by atoms with Crippen molar-refractivity contribution >= 4 is 12.0 Å². The molecule has 2 atom stereocenters. The summed E-state index contributed by atoms with van der Waals surface area (Å²) in [6.07, 6.45) is 5.89. The molecule has 2 unspecified atom stereocenters. The molecule has 2 amide bonds. The Morgan fingerprint density at radius 2 is 2.06 bits per heavy atom. The number of nitrogens with one attached hydrogen (secondary N) is 1. The highest BCUT2D eigenvalue weighted by Gasteiger charge is 2.37. The van der Waals surface area contributed by atoms with Gasteiger partial charge in [0.15, 0.2) is 0 Å². The quantitative estimate of drug-likeness (QED) is 0.777. The average molecular weight is 254 g/mol. The Balaban J connectivity index is 1.82. The van der Waals surface area contributed by atoms with Crippen molar-refractivity contribution in [2.24, 2.45) is 5.92 Å². The molecule has 1 aliphatic carbocycles. The minimum atomic E-state index is -0.370. The van der Waals surface area contributed by atoms with E-state index in [0.29, 0.717) is 18.6 Å². The number of ether oxygens (including phenoxy) is 1. The molecule has 102 valence electrons. The molecule has 18 heavy (non-hydrogen) atoms. The van der Waals surface area contributed by atoms with Gasteiger partial charge >= 0.3 is 12.0 Å². The van der Waals surface area contributed by atoms with Gasteiger partial charge in [0, 0.05) is 12.6 Å². The molecule has 1 saturated carbocycles. The molecule has 2 aliphatic rings. The lowest BCUT2D eigenvalue weighted by molar-refractivity contribution is -0.141. The summed E-state index contributed by atoms with van der Waals surface area (Å²) in [6.45, 7) is 2.90. The van der Waals surface area contributed by atoms with E-state index in [4.69, 9.17) is 4.74 Å². The van der Waals surface area contributed by atoms with Gasteiger partial charge in [0.1, 0.15) is 6.54 Å². The molecule has 1 N–H and O–H groups in total. The predicted molar refractivity (Wildman–Crippen MR) is 67.1 cm³/mol.